The zero-order valence-corrected chi connectivity index (χ0v) is 13.4. The van der Waals surface area contributed by atoms with E-state index in [1.807, 2.05) is 62.4 Å². The quantitative estimate of drug-likeness (QED) is 0.774. The Labute approximate surface area is 135 Å². The molecule has 0 spiro atoms. The van der Waals surface area contributed by atoms with Crippen LogP contribution >= 0.6 is 0 Å². The number of hydrogen-bond donors (Lipinski definition) is 1. The Hall–Kier alpha value is -2.88. The van der Waals surface area contributed by atoms with Crippen LogP contribution in [0.2, 0.25) is 0 Å². The summed E-state index contributed by atoms with van der Waals surface area (Å²) in [5.41, 5.74) is 4.20. The van der Waals surface area contributed by atoms with Gasteiger partial charge in [-0.05, 0) is 45.0 Å². The third-order valence-electron chi connectivity index (χ3n) is 3.62. The van der Waals surface area contributed by atoms with E-state index in [0.29, 0.717) is 17.3 Å². The Kier molecular flexibility index (Phi) is 3.98. The first-order valence-electron chi connectivity index (χ1n) is 7.45. The summed E-state index contributed by atoms with van der Waals surface area (Å²) in [6.45, 7) is 5.76. The summed E-state index contributed by atoms with van der Waals surface area (Å²) in [7, 11) is 0. The molecular formula is C19H18N2O2. The van der Waals surface area contributed by atoms with Gasteiger partial charge in [-0.3, -0.25) is 4.79 Å². The van der Waals surface area contributed by atoms with Gasteiger partial charge in [0.15, 0.2) is 5.69 Å². The van der Waals surface area contributed by atoms with Crippen molar-refractivity contribution in [2.45, 2.75) is 20.8 Å². The van der Waals surface area contributed by atoms with E-state index >= 15 is 0 Å². The number of oxazole rings is 1. The number of anilines is 1. The molecule has 0 atom stereocenters. The first kappa shape index (κ1) is 15.0. The minimum absolute atomic E-state index is 0.270. The second kappa shape index (κ2) is 6.08. The number of nitrogens with one attached hydrogen (secondary N) is 1. The smallest absolute Gasteiger partial charge is 0.277 e. The van der Waals surface area contributed by atoms with Crippen LogP contribution in [0.3, 0.4) is 0 Å². The van der Waals surface area contributed by atoms with E-state index in [4.69, 9.17) is 4.42 Å². The molecule has 3 aromatic rings. The second-order valence-electron chi connectivity index (χ2n) is 5.61. The van der Waals surface area contributed by atoms with Crippen molar-refractivity contribution in [2.24, 2.45) is 0 Å². The Morgan fingerprint density at radius 1 is 0.913 bits per heavy atom. The van der Waals surface area contributed by atoms with Crippen LogP contribution in [0.25, 0.3) is 11.5 Å². The summed E-state index contributed by atoms with van der Waals surface area (Å²) in [6.07, 6.45) is 0. The third-order valence-corrected chi connectivity index (χ3v) is 3.62. The highest BCUT2D eigenvalue weighted by atomic mass is 16.4. The van der Waals surface area contributed by atoms with Crippen LogP contribution in [-0.4, -0.2) is 10.9 Å². The van der Waals surface area contributed by atoms with Crippen LogP contribution in [0.4, 0.5) is 5.69 Å². The molecule has 116 valence electrons. The maximum Gasteiger partial charge on any atom is 0.277 e. The van der Waals surface area contributed by atoms with E-state index < -0.39 is 0 Å². The van der Waals surface area contributed by atoms with Gasteiger partial charge in [0.25, 0.3) is 5.91 Å². The van der Waals surface area contributed by atoms with E-state index in [2.05, 4.69) is 10.3 Å². The summed E-state index contributed by atoms with van der Waals surface area (Å²) in [5.74, 6) is 0.690. The molecule has 0 aliphatic rings. The van der Waals surface area contributed by atoms with Crippen LogP contribution in [0.1, 0.15) is 27.4 Å². The highest BCUT2D eigenvalue weighted by Crippen LogP contribution is 2.23. The number of benzene rings is 2. The SMILES string of the molecule is Cc1ccc(NC(=O)c2nc(-c3ccc(C)cc3)oc2C)cc1. The van der Waals surface area contributed by atoms with Gasteiger partial charge in [0.1, 0.15) is 5.76 Å². The van der Waals surface area contributed by atoms with Crippen molar-refractivity contribution < 1.29 is 9.21 Å². The maximum atomic E-state index is 12.4. The van der Waals surface area contributed by atoms with Gasteiger partial charge in [-0.1, -0.05) is 35.4 Å². The van der Waals surface area contributed by atoms with E-state index in [9.17, 15) is 4.79 Å². The zero-order valence-electron chi connectivity index (χ0n) is 13.4. The van der Waals surface area contributed by atoms with E-state index in [0.717, 1.165) is 22.4 Å². The molecule has 0 saturated heterocycles. The Bertz CT molecular complexity index is 831. The van der Waals surface area contributed by atoms with Crippen molar-refractivity contribution >= 4 is 11.6 Å². The van der Waals surface area contributed by atoms with Crippen molar-refractivity contribution in [2.75, 3.05) is 5.32 Å². The monoisotopic (exact) mass is 306 g/mol. The fourth-order valence-corrected chi connectivity index (χ4v) is 2.25. The number of rotatable bonds is 3. The number of hydrogen-bond acceptors (Lipinski definition) is 3. The first-order chi connectivity index (χ1) is 11.0. The Morgan fingerprint density at radius 3 is 2.09 bits per heavy atom. The molecule has 3 rings (SSSR count). The minimum atomic E-state index is -0.270. The lowest BCUT2D eigenvalue weighted by molar-refractivity contribution is 0.102. The fraction of sp³-hybridized carbons (Fsp3) is 0.158. The fourth-order valence-electron chi connectivity index (χ4n) is 2.25. The molecule has 4 nitrogen and oxygen atoms in total. The van der Waals surface area contributed by atoms with Gasteiger partial charge in [-0.2, -0.15) is 0 Å². The highest BCUT2D eigenvalue weighted by Gasteiger charge is 2.18. The highest BCUT2D eigenvalue weighted by molar-refractivity contribution is 6.03. The topological polar surface area (TPSA) is 55.1 Å². The average Bonchev–Trinajstić information content (AvgIpc) is 2.92. The number of carbonyl (C=O) groups excluding carboxylic acids is 1. The zero-order chi connectivity index (χ0) is 16.4. The molecule has 1 N–H and O–H groups in total. The van der Waals surface area contributed by atoms with Crippen molar-refractivity contribution in [1.82, 2.24) is 4.98 Å². The van der Waals surface area contributed by atoms with Crippen molar-refractivity contribution in [3.05, 3.63) is 71.1 Å². The number of carbonyl (C=O) groups is 1. The van der Waals surface area contributed by atoms with Gasteiger partial charge in [-0.15, -0.1) is 0 Å². The number of nitrogens with zero attached hydrogens (tertiary/aromatic N) is 1. The molecule has 0 radical (unpaired) electrons. The van der Waals surface area contributed by atoms with Gasteiger partial charge in [-0.25, -0.2) is 4.98 Å². The average molecular weight is 306 g/mol. The maximum absolute atomic E-state index is 12.4. The van der Waals surface area contributed by atoms with Gasteiger partial charge >= 0.3 is 0 Å². The largest absolute Gasteiger partial charge is 0.441 e. The predicted octanol–water partition coefficient (Wildman–Crippen LogP) is 4.52. The first-order valence-corrected chi connectivity index (χ1v) is 7.45. The van der Waals surface area contributed by atoms with Gasteiger partial charge in [0.2, 0.25) is 5.89 Å². The summed E-state index contributed by atoms with van der Waals surface area (Å²) in [4.78, 5) is 16.7. The van der Waals surface area contributed by atoms with E-state index in [1.165, 1.54) is 0 Å². The molecule has 1 aromatic heterocycles. The van der Waals surface area contributed by atoms with Gasteiger partial charge in [0, 0.05) is 11.3 Å². The molecule has 23 heavy (non-hydrogen) atoms. The Morgan fingerprint density at radius 2 is 1.48 bits per heavy atom. The number of amides is 1. The molecule has 0 aliphatic heterocycles. The van der Waals surface area contributed by atoms with Crippen LogP contribution in [0, 0.1) is 20.8 Å². The normalized spacial score (nSPS) is 10.6. The molecule has 0 saturated carbocycles. The van der Waals surface area contributed by atoms with Gasteiger partial charge < -0.3 is 9.73 Å². The van der Waals surface area contributed by atoms with Crippen molar-refractivity contribution in [3.63, 3.8) is 0 Å². The molecule has 1 heterocycles. The van der Waals surface area contributed by atoms with Gasteiger partial charge in [0.05, 0.1) is 0 Å². The third kappa shape index (κ3) is 3.31. The molecule has 1 amide bonds. The van der Waals surface area contributed by atoms with Crippen molar-refractivity contribution in [1.29, 1.82) is 0 Å². The van der Waals surface area contributed by atoms with Crippen LogP contribution in [0.5, 0.6) is 0 Å². The lowest BCUT2D eigenvalue weighted by Gasteiger charge is -2.03. The summed E-state index contributed by atoms with van der Waals surface area (Å²) < 4.78 is 5.65. The van der Waals surface area contributed by atoms with Crippen LogP contribution in [0.15, 0.2) is 52.9 Å². The summed E-state index contributed by atoms with van der Waals surface area (Å²) in [5, 5.41) is 2.84. The molecule has 4 heteroatoms. The van der Waals surface area contributed by atoms with E-state index in [1.54, 1.807) is 6.92 Å². The molecule has 0 bridgehead atoms. The lowest BCUT2D eigenvalue weighted by Crippen LogP contribution is -2.13. The molecule has 2 aromatic carbocycles. The number of aromatic nitrogens is 1. The lowest BCUT2D eigenvalue weighted by atomic mass is 10.1. The van der Waals surface area contributed by atoms with Crippen molar-refractivity contribution in [3.8, 4) is 11.5 Å². The van der Waals surface area contributed by atoms with Crippen LogP contribution in [-0.2, 0) is 0 Å². The Balaban J connectivity index is 1.84. The second-order valence-corrected chi connectivity index (χ2v) is 5.61. The molecule has 0 aliphatic carbocycles. The molecule has 0 unspecified atom stereocenters. The minimum Gasteiger partial charge on any atom is -0.441 e. The molecular weight excluding hydrogens is 288 g/mol. The van der Waals surface area contributed by atoms with E-state index in [-0.39, 0.29) is 5.91 Å². The summed E-state index contributed by atoms with van der Waals surface area (Å²) >= 11 is 0. The predicted molar refractivity (Wildman–Crippen MR) is 90.5 cm³/mol. The summed E-state index contributed by atoms with van der Waals surface area (Å²) in [6, 6.07) is 15.5. The van der Waals surface area contributed by atoms with Crippen LogP contribution < -0.4 is 5.32 Å². The standard InChI is InChI=1S/C19H18N2O2/c1-12-4-8-15(9-5-12)19-21-17(14(3)23-19)18(22)20-16-10-6-13(2)7-11-16/h4-11H,1-3H3,(H,20,22). The number of aryl methyl sites for hydroxylation is 3. The molecule has 0 fully saturated rings.